The van der Waals surface area contributed by atoms with Crippen LogP contribution in [0, 0.1) is 0 Å². The molecule has 9 nitrogen and oxygen atoms in total. The number of fused-ring (bicyclic) bond motifs is 2. The van der Waals surface area contributed by atoms with Gasteiger partial charge in [-0.15, -0.1) is 0 Å². The number of rotatable bonds is 7. The van der Waals surface area contributed by atoms with Crippen LogP contribution < -0.4 is 24.8 Å². The van der Waals surface area contributed by atoms with Crippen molar-refractivity contribution in [1.29, 1.82) is 0 Å². The highest BCUT2D eigenvalue weighted by Gasteiger charge is 2.55. The minimum atomic E-state index is -1.22. The molecule has 0 aromatic heterocycles. The van der Waals surface area contributed by atoms with Crippen LogP contribution in [0.15, 0.2) is 42.5 Å². The number of hydrogen-bond acceptors (Lipinski definition) is 6. The Morgan fingerprint density at radius 3 is 2.72 bits per heavy atom. The van der Waals surface area contributed by atoms with E-state index in [0.717, 1.165) is 4.90 Å². The Balaban J connectivity index is 1.53. The summed E-state index contributed by atoms with van der Waals surface area (Å²) in [6.45, 7) is 4.42. The molecule has 2 N–H and O–H groups in total. The number of anilines is 1. The van der Waals surface area contributed by atoms with Crippen LogP contribution in [0.4, 0.5) is 10.5 Å². The number of hydrogen-bond donors (Lipinski definition) is 2. The number of nitrogens with one attached hydrogen (secondary N) is 2. The van der Waals surface area contributed by atoms with Gasteiger partial charge in [-0.25, -0.2) is 4.79 Å². The van der Waals surface area contributed by atoms with E-state index < -0.39 is 29.9 Å². The van der Waals surface area contributed by atoms with E-state index in [1.54, 1.807) is 42.5 Å². The summed E-state index contributed by atoms with van der Waals surface area (Å²) in [7, 11) is 0. The lowest BCUT2D eigenvalue weighted by atomic mass is 9.84. The normalized spacial score (nSPS) is 19.2. The third-order valence-corrected chi connectivity index (χ3v) is 5.39. The molecule has 2 aliphatic rings. The Labute approximate surface area is 185 Å². The molecule has 4 amide bonds. The first-order chi connectivity index (χ1) is 15.5. The van der Waals surface area contributed by atoms with Gasteiger partial charge in [0.1, 0.15) is 23.8 Å². The summed E-state index contributed by atoms with van der Waals surface area (Å²) in [6.07, 6.45) is 0.289. The molecule has 0 radical (unpaired) electrons. The number of para-hydroxylation sites is 1. The molecular formula is C23H25N3O6. The zero-order chi connectivity index (χ0) is 22.7. The van der Waals surface area contributed by atoms with Crippen molar-refractivity contribution < 1.29 is 28.6 Å². The topological polar surface area (TPSA) is 106 Å². The largest absolute Gasteiger partial charge is 0.494 e. The Kier molecular flexibility index (Phi) is 5.89. The number of carbonyl (C=O) groups excluding carboxylic acids is 3. The van der Waals surface area contributed by atoms with Crippen molar-refractivity contribution >= 4 is 23.5 Å². The van der Waals surface area contributed by atoms with Gasteiger partial charge in [0.25, 0.3) is 5.91 Å². The lowest BCUT2D eigenvalue weighted by Gasteiger charge is -2.33. The molecule has 2 aromatic carbocycles. The summed E-state index contributed by atoms with van der Waals surface area (Å²) in [5.74, 6) is 0.588. The number of carbonyl (C=O) groups is 3. The predicted octanol–water partition coefficient (Wildman–Crippen LogP) is 2.65. The number of urea groups is 1. The molecule has 0 bridgehead atoms. The van der Waals surface area contributed by atoms with E-state index in [1.165, 1.54) is 0 Å². The van der Waals surface area contributed by atoms with Gasteiger partial charge in [0.05, 0.1) is 25.5 Å². The summed E-state index contributed by atoms with van der Waals surface area (Å²) >= 11 is 0. The zero-order valence-corrected chi connectivity index (χ0v) is 18.0. The van der Waals surface area contributed by atoms with Crippen LogP contribution in [0.3, 0.4) is 0 Å². The maximum absolute atomic E-state index is 13.3. The van der Waals surface area contributed by atoms with Crippen molar-refractivity contribution in [2.24, 2.45) is 0 Å². The van der Waals surface area contributed by atoms with Crippen molar-refractivity contribution in [3.63, 3.8) is 0 Å². The Morgan fingerprint density at radius 2 is 1.94 bits per heavy atom. The highest BCUT2D eigenvalue weighted by molar-refractivity contribution is 6.11. The first-order valence-corrected chi connectivity index (χ1v) is 10.5. The van der Waals surface area contributed by atoms with Crippen molar-refractivity contribution in [3.8, 4) is 17.2 Å². The summed E-state index contributed by atoms with van der Waals surface area (Å²) < 4.78 is 16.7. The molecule has 0 aliphatic carbocycles. The van der Waals surface area contributed by atoms with Gasteiger partial charge in [-0.1, -0.05) is 18.2 Å². The Bertz CT molecular complexity index is 1060. The summed E-state index contributed by atoms with van der Waals surface area (Å²) in [5.41, 5.74) is -0.228. The molecule has 32 heavy (non-hydrogen) atoms. The van der Waals surface area contributed by atoms with E-state index in [9.17, 15) is 14.4 Å². The first kappa shape index (κ1) is 21.5. The van der Waals surface area contributed by atoms with E-state index >= 15 is 0 Å². The number of ether oxygens (including phenoxy) is 3. The van der Waals surface area contributed by atoms with Gasteiger partial charge >= 0.3 is 6.03 Å². The quantitative estimate of drug-likeness (QED) is 0.643. The fourth-order valence-electron chi connectivity index (χ4n) is 3.99. The van der Waals surface area contributed by atoms with Crippen LogP contribution in [0.5, 0.6) is 17.2 Å². The molecule has 9 heteroatoms. The van der Waals surface area contributed by atoms with Gasteiger partial charge in [-0.2, -0.15) is 0 Å². The third kappa shape index (κ3) is 3.81. The number of amides is 4. The Morgan fingerprint density at radius 1 is 1.16 bits per heavy atom. The van der Waals surface area contributed by atoms with Crippen molar-refractivity contribution in [2.45, 2.75) is 25.8 Å². The molecule has 2 aliphatic heterocycles. The highest BCUT2D eigenvalue weighted by atomic mass is 16.5. The standard InChI is InChI=1S/C23H25N3O6/c1-3-30-15-9-10-19(31-4-2)17(13-15)24-20(27)14-26-21(28)23(25-22(26)29)11-12-32-18-8-6-5-7-16(18)23/h5-10,13H,3-4,11-12,14H2,1-2H3,(H,24,27)(H,25,29). The predicted molar refractivity (Wildman–Crippen MR) is 116 cm³/mol. The average Bonchev–Trinajstić information content (AvgIpc) is 3.01. The molecule has 1 saturated heterocycles. The van der Waals surface area contributed by atoms with E-state index in [4.69, 9.17) is 14.2 Å². The molecule has 1 spiro atoms. The van der Waals surface area contributed by atoms with Crippen LogP contribution in [0.25, 0.3) is 0 Å². The van der Waals surface area contributed by atoms with Gasteiger partial charge in [0.2, 0.25) is 5.91 Å². The van der Waals surface area contributed by atoms with E-state index in [2.05, 4.69) is 10.6 Å². The number of nitrogens with zero attached hydrogens (tertiary/aromatic N) is 1. The number of benzene rings is 2. The number of imide groups is 1. The van der Waals surface area contributed by atoms with Gasteiger partial charge in [0.15, 0.2) is 5.54 Å². The fourth-order valence-corrected chi connectivity index (χ4v) is 3.99. The van der Waals surface area contributed by atoms with E-state index in [0.29, 0.717) is 41.7 Å². The first-order valence-electron chi connectivity index (χ1n) is 10.5. The highest BCUT2D eigenvalue weighted by Crippen LogP contribution is 2.41. The second-order valence-electron chi connectivity index (χ2n) is 7.39. The van der Waals surface area contributed by atoms with Gasteiger partial charge in [-0.3, -0.25) is 14.5 Å². The maximum atomic E-state index is 13.3. The second kappa shape index (κ2) is 8.78. The van der Waals surface area contributed by atoms with Gasteiger partial charge < -0.3 is 24.8 Å². The van der Waals surface area contributed by atoms with Crippen molar-refractivity contribution in [2.75, 3.05) is 31.7 Å². The lowest BCUT2D eigenvalue weighted by molar-refractivity contribution is -0.135. The molecule has 2 aromatic rings. The van der Waals surface area contributed by atoms with Crippen LogP contribution >= 0.6 is 0 Å². The second-order valence-corrected chi connectivity index (χ2v) is 7.39. The van der Waals surface area contributed by atoms with Crippen molar-refractivity contribution in [1.82, 2.24) is 10.2 Å². The maximum Gasteiger partial charge on any atom is 0.325 e. The fraction of sp³-hybridized carbons (Fsp3) is 0.348. The third-order valence-electron chi connectivity index (χ3n) is 5.39. The van der Waals surface area contributed by atoms with Gasteiger partial charge in [-0.05, 0) is 32.0 Å². The SMILES string of the molecule is CCOc1ccc(OCC)c(NC(=O)CN2C(=O)NC3(CCOc4ccccc43)C2=O)c1. The van der Waals surface area contributed by atoms with E-state index in [-0.39, 0.29) is 13.0 Å². The minimum Gasteiger partial charge on any atom is -0.494 e. The molecule has 168 valence electrons. The summed E-state index contributed by atoms with van der Waals surface area (Å²) in [4.78, 5) is 39.7. The smallest absolute Gasteiger partial charge is 0.325 e. The van der Waals surface area contributed by atoms with Crippen molar-refractivity contribution in [3.05, 3.63) is 48.0 Å². The molecule has 2 heterocycles. The van der Waals surface area contributed by atoms with Crippen LogP contribution in [-0.4, -0.2) is 49.1 Å². The van der Waals surface area contributed by atoms with Crippen LogP contribution in [-0.2, 0) is 15.1 Å². The Hall–Kier alpha value is -3.75. The van der Waals surface area contributed by atoms with Crippen LogP contribution in [0.1, 0.15) is 25.8 Å². The average molecular weight is 439 g/mol. The summed E-state index contributed by atoms with van der Waals surface area (Å²) in [5, 5.41) is 5.51. The molecule has 1 atom stereocenters. The molecule has 1 fully saturated rings. The molecule has 4 rings (SSSR count). The minimum absolute atomic E-state index is 0.283. The lowest BCUT2D eigenvalue weighted by Crippen LogP contribution is -2.48. The summed E-state index contributed by atoms with van der Waals surface area (Å²) in [6, 6.07) is 11.6. The molecular weight excluding hydrogens is 414 g/mol. The van der Waals surface area contributed by atoms with E-state index in [1.807, 2.05) is 13.8 Å². The molecule has 0 saturated carbocycles. The molecule has 1 unspecified atom stereocenters. The monoisotopic (exact) mass is 439 g/mol. The van der Waals surface area contributed by atoms with Crippen LogP contribution in [0.2, 0.25) is 0 Å². The van der Waals surface area contributed by atoms with Gasteiger partial charge in [0, 0.05) is 18.1 Å². The zero-order valence-electron chi connectivity index (χ0n) is 18.0.